The molecule has 1 aliphatic rings. The lowest BCUT2D eigenvalue weighted by atomic mass is 9.77. The summed E-state index contributed by atoms with van der Waals surface area (Å²) < 4.78 is 0. The maximum absolute atomic E-state index is 9.49. The maximum Gasteiger partial charge on any atom is 0.0689 e. The van der Waals surface area contributed by atoms with E-state index >= 15 is 0 Å². The zero-order valence-electron chi connectivity index (χ0n) is 12.3. The molecule has 1 rings (SSSR count). The Morgan fingerprint density at radius 2 is 1.39 bits per heavy atom. The van der Waals surface area contributed by atoms with Gasteiger partial charge in [-0.1, -0.05) is 77.6 Å². The minimum absolute atomic E-state index is 0.0555. The van der Waals surface area contributed by atoms with E-state index in [2.05, 4.69) is 13.0 Å². The molecule has 0 spiro atoms. The van der Waals surface area contributed by atoms with Gasteiger partial charge in [0, 0.05) is 0 Å². The zero-order chi connectivity index (χ0) is 13.1. The van der Waals surface area contributed by atoms with Crippen molar-refractivity contribution >= 4 is 0 Å². The molecule has 0 aromatic heterocycles. The maximum atomic E-state index is 9.49. The SMILES string of the molecule is CCCCCCCCCC1(C#N)CCCCCC1. The molecule has 1 saturated carbocycles. The van der Waals surface area contributed by atoms with Gasteiger partial charge in [-0.25, -0.2) is 0 Å². The van der Waals surface area contributed by atoms with Crippen LogP contribution in [0, 0.1) is 16.7 Å². The smallest absolute Gasteiger partial charge is 0.0689 e. The largest absolute Gasteiger partial charge is 0.198 e. The standard InChI is InChI=1S/C17H31N/c1-2-3-4-5-6-7-10-13-17(16-18)14-11-8-9-12-15-17/h2-15H2,1H3. The van der Waals surface area contributed by atoms with Gasteiger partial charge in [-0.2, -0.15) is 5.26 Å². The predicted octanol–water partition coefficient (Wildman–Crippen LogP) is 5.99. The Labute approximate surface area is 114 Å². The van der Waals surface area contributed by atoms with Crippen molar-refractivity contribution in [3.8, 4) is 6.07 Å². The molecule has 0 amide bonds. The second-order valence-corrected chi connectivity index (χ2v) is 6.18. The average molecular weight is 249 g/mol. The van der Waals surface area contributed by atoms with E-state index in [1.54, 1.807) is 0 Å². The van der Waals surface area contributed by atoms with Crippen LogP contribution in [0.25, 0.3) is 0 Å². The molecule has 0 aromatic carbocycles. The Morgan fingerprint density at radius 1 is 0.833 bits per heavy atom. The molecule has 0 aliphatic heterocycles. The second kappa shape index (κ2) is 9.42. The summed E-state index contributed by atoms with van der Waals surface area (Å²) in [5, 5.41) is 9.49. The van der Waals surface area contributed by atoms with Crippen LogP contribution in [0.3, 0.4) is 0 Å². The summed E-state index contributed by atoms with van der Waals surface area (Å²) in [5.41, 5.74) is 0.0555. The molecule has 1 heteroatoms. The average Bonchev–Trinajstić information content (AvgIpc) is 2.64. The van der Waals surface area contributed by atoms with E-state index in [9.17, 15) is 5.26 Å². The lowest BCUT2D eigenvalue weighted by molar-refractivity contribution is 0.302. The molecule has 104 valence electrons. The Hall–Kier alpha value is -0.510. The summed E-state index contributed by atoms with van der Waals surface area (Å²) in [6.45, 7) is 2.27. The molecule has 0 aromatic rings. The zero-order valence-corrected chi connectivity index (χ0v) is 12.3. The number of rotatable bonds is 8. The van der Waals surface area contributed by atoms with Gasteiger partial charge in [0.05, 0.1) is 11.5 Å². The third-order valence-electron chi connectivity index (χ3n) is 4.56. The van der Waals surface area contributed by atoms with Gasteiger partial charge < -0.3 is 0 Å². The Morgan fingerprint density at radius 3 is 1.94 bits per heavy atom. The van der Waals surface area contributed by atoms with Gasteiger partial charge in [-0.3, -0.25) is 0 Å². The van der Waals surface area contributed by atoms with Crippen molar-refractivity contribution in [3.05, 3.63) is 0 Å². The van der Waals surface area contributed by atoms with E-state index in [0.717, 1.165) is 6.42 Å². The van der Waals surface area contributed by atoms with Gasteiger partial charge in [-0.05, 0) is 19.3 Å². The van der Waals surface area contributed by atoms with Crippen LogP contribution in [0.1, 0.15) is 96.8 Å². The Kier molecular flexibility index (Phi) is 8.14. The minimum Gasteiger partial charge on any atom is -0.198 e. The first-order chi connectivity index (χ1) is 8.83. The van der Waals surface area contributed by atoms with E-state index in [1.165, 1.54) is 83.5 Å². The van der Waals surface area contributed by atoms with Gasteiger partial charge in [0.15, 0.2) is 0 Å². The highest BCUT2D eigenvalue weighted by Crippen LogP contribution is 2.38. The molecule has 0 saturated heterocycles. The molecule has 18 heavy (non-hydrogen) atoms. The molecule has 0 heterocycles. The van der Waals surface area contributed by atoms with Gasteiger partial charge in [0.25, 0.3) is 0 Å². The van der Waals surface area contributed by atoms with E-state index in [-0.39, 0.29) is 5.41 Å². The third-order valence-corrected chi connectivity index (χ3v) is 4.56. The summed E-state index contributed by atoms with van der Waals surface area (Å²) in [4.78, 5) is 0. The summed E-state index contributed by atoms with van der Waals surface area (Å²) in [5.74, 6) is 0. The monoisotopic (exact) mass is 249 g/mol. The highest BCUT2D eigenvalue weighted by atomic mass is 14.4. The molecule has 0 bridgehead atoms. The number of nitriles is 1. The van der Waals surface area contributed by atoms with Crippen LogP contribution in [0.4, 0.5) is 0 Å². The van der Waals surface area contributed by atoms with Crippen LogP contribution in [-0.4, -0.2) is 0 Å². The van der Waals surface area contributed by atoms with Crippen molar-refractivity contribution in [2.24, 2.45) is 5.41 Å². The lowest BCUT2D eigenvalue weighted by Crippen LogP contribution is -2.17. The number of hydrogen-bond donors (Lipinski definition) is 0. The van der Waals surface area contributed by atoms with Gasteiger partial charge >= 0.3 is 0 Å². The first kappa shape index (κ1) is 15.5. The quantitative estimate of drug-likeness (QED) is 0.383. The molecule has 0 radical (unpaired) electrons. The van der Waals surface area contributed by atoms with Crippen LogP contribution in [-0.2, 0) is 0 Å². The molecule has 1 fully saturated rings. The number of unbranched alkanes of at least 4 members (excludes halogenated alkanes) is 6. The van der Waals surface area contributed by atoms with Crippen LogP contribution < -0.4 is 0 Å². The highest BCUT2D eigenvalue weighted by molar-refractivity contribution is 4.99. The normalized spacial score (nSPS) is 19.1. The molecule has 0 N–H and O–H groups in total. The van der Waals surface area contributed by atoms with Gasteiger partial charge in [0.2, 0.25) is 0 Å². The lowest BCUT2D eigenvalue weighted by Gasteiger charge is -2.24. The van der Waals surface area contributed by atoms with Crippen molar-refractivity contribution in [1.29, 1.82) is 5.26 Å². The topological polar surface area (TPSA) is 23.8 Å². The van der Waals surface area contributed by atoms with Crippen molar-refractivity contribution in [2.75, 3.05) is 0 Å². The van der Waals surface area contributed by atoms with E-state index < -0.39 is 0 Å². The van der Waals surface area contributed by atoms with Gasteiger partial charge in [-0.15, -0.1) is 0 Å². The van der Waals surface area contributed by atoms with Crippen molar-refractivity contribution in [2.45, 2.75) is 96.8 Å². The predicted molar refractivity (Wildman–Crippen MR) is 78.4 cm³/mol. The molecule has 0 unspecified atom stereocenters. The van der Waals surface area contributed by atoms with Crippen molar-refractivity contribution in [3.63, 3.8) is 0 Å². The number of hydrogen-bond acceptors (Lipinski definition) is 1. The number of nitrogens with zero attached hydrogens (tertiary/aromatic N) is 1. The van der Waals surface area contributed by atoms with Crippen molar-refractivity contribution in [1.82, 2.24) is 0 Å². The molecular formula is C17H31N. The fourth-order valence-corrected chi connectivity index (χ4v) is 3.24. The fourth-order valence-electron chi connectivity index (χ4n) is 3.24. The van der Waals surface area contributed by atoms with Crippen molar-refractivity contribution < 1.29 is 0 Å². The summed E-state index contributed by atoms with van der Waals surface area (Å²) in [6, 6.07) is 2.67. The third kappa shape index (κ3) is 5.89. The van der Waals surface area contributed by atoms with E-state index in [1.807, 2.05) is 0 Å². The van der Waals surface area contributed by atoms with Crippen LogP contribution in [0.2, 0.25) is 0 Å². The summed E-state index contributed by atoms with van der Waals surface area (Å²) >= 11 is 0. The van der Waals surface area contributed by atoms with E-state index in [0.29, 0.717) is 0 Å². The van der Waals surface area contributed by atoms with Crippen LogP contribution in [0.5, 0.6) is 0 Å². The van der Waals surface area contributed by atoms with Crippen LogP contribution in [0.15, 0.2) is 0 Å². The first-order valence-corrected chi connectivity index (χ1v) is 8.24. The summed E-state index contributed by atoms with van der Waals surface area (Å²) in [6.07, 6.45) is 18.3. The second-order valence-electron chi connectivity index (χ2n) is 6.18. The first-order valence-electron chi connectivity index (χ1n) is 8.24. The van der Waals surface area contributed by atoms with Crippen LogP contribution >= 0.6 is 0 Å². The molecule has 1 nitrogen and oxygen atoms in total. The Bertz CT molecular complexity index is 230. The highest BCUT2D eigenvalue weighted by Gasteiger charge is 2.29. The summed E-state index contributed by atoms with van der Waals surface area (Å²) in [7, 11) is 0. The molecule has 1 aliphatic carbocycles. The molecule has 0 atom stereocenters. The fraction of sp³-hybridized carbons (Fsp3) is 0.941. The van der Waals surface area contributed by atoms with E-state index in [4.69, 9.17) is 0 Å². The minimum atomic E-state index is 0.0555. The Balaban J connectivity index is 2.13. The van der Waals surface area contributed by atoms with Gasteiger partial charge in [0.1, 0.15) is 0 Å². The molecular weight excluding hydrogens is 218 g/mol.